The molecule has 0 saturated carbocycles. The van der Waals surface area contributed by atoms with Crippen LogP contribution in [-0.4, -0.2) is 68.1 Å². The number of aromatic hydroxyl groups is 1. The molecule has 0 radical (unpaired) electrons. The summed E-state index contributed by atoms with van der Waals surface area (Å²) in [7, 11) is -5.97. The number of hydrogen-bond acceptors (Lipinski definition) is 19. The van der Waals surface area contributed by atoms with Crippen molar-refractivity contribution < 1.29 is 50.1 Å². The van der Waals surface area contributed by atoms with E-state index >= 15 is 0 Å². The molecule has 22 nitrogen and oxygen atoms in total. The van der Waals surface area contributed by atoms with E-state index in [0.29, 0.717) is 47.0 Å². The number of fused-ring (bicyclic) bond motifs is 3. The second kappa shape index (κ2) is 25.8. The van der Waals surface area contributed by atoms with Crippen molar-refractivity contribution in [2.24, 2.45) is 0 Å². The van der Waals surface area contributed by atoms with Gasteiger partial charge in [-0.2, -0.15) is 26.6 Å². The Balaban J connectivity index is 0.000000154. The average molecular weight is 1140 g/mol. The van der Waals surface area contributed by atoms with Crippen molar-refractivity contribution in [3.8, 4) is 17.2 Å². The summed E-state index contributed by atoms with van der Waals surface area (Å²) in [6.45, 7) is 1.37. The molecule has 0 saturated heterocycles. The van der Waals surface area contributed by atoms with Gasteiger partial charge < -0.3 is 33.9 Å². The van der Waals surface area contributed by atoms with Gasteiger partial charge in [-0.25, -0.2) is 34.7 Å². The molecule has 6 heterocycles. The first-order valence-electron chi connectivity index (χ1n) is 24.4. The smallest absolute Gasteiger partial charge is 0.507 e. The molecule has 6 aromatic heterocycles. The van der Waals surface area contributed by atoms with E-state index in [1.807, 2.05) is 115 Å². The lowest BCUT2D eigenvalue weighted by Gasteiger charge is -2.14. The Bertz CT molecular complexity index is 4250. The van der Waals surface area contributed by atoms with E-state index in [2.05, 4.69) is 44.4 Å². The minimum atomic E-state index is -5.97. The van der Waals surface area contributed by atoms with Crippen LogP contribution in [0.1, 0.15) is 27.8 Å². The number of pyridine rings is 2. The zero-order valence-electron chi connectivity index (χ0n) is 42.6. The van der Waals surface area contributed by atoms with Crippen LogP contribution in [0.5, 0.6) is 17.2 Å². The number of benzene rings is 5. The van der Waals surface area contributed by atoms with Crippen molar-refractivity contribution >= 4 is 49.0 Å². The maximum atomic E-state index is 12.7. The van der Waals surface area contributed by atoms with Gasteiger partial charge in [0.2, 0.25) is 0 Å². The third-order valence-electron chi connectivity index (χ3n) is 11.5. The van der Waals surface area contributed by atoms with Crippen LogP contribution in [-0.2, 0) is 43.1 Å². The minimum Gasteiger partial charge on any atom is -0.507 e. The highest BCUT2D eigenvalue weighted by molar-refractivity contribution is 7.88. The van der Waals surface area contributed by atoms with Gasteiger partial charge in [-0.3, -0.25) is 9.59 Å². The normalized spacial score (nSPS) is 11.2. The highest BCUT2D eigenvalue weighted by atomic mass is 32.2. The number of alkyl halides is 3. The van der Waals surface area contributed by atoms with Crippen LogP contribution in [0.4, 0.5) is 19.0 Å². The summed E-state index contributed by atoms with van der Waals surface area (Å²) in [5.74, 6) is 0.167. The van der Waals surface area contributed by atoms with Gasteiger partial charge in [0.25, 0.3) is 11.1 Å². The number of hydrogen-bond donors (Lipinski definition) is 2. The molecule has 5 aromatic carbocycles. The topological polar surface area (TPSA) is 269 Å². The SMILES string of the molecule is O=c1cc(O)c2cncnc2n1OCc1ccccc1.O=c1cc(OS(=O)(=O)C(F)(F)F)c2cncnc2n1OCc1ccccc1.O=c1nc(NCc2ccc(OCc3ccccc3)cc2)c2cncnc2n1OCc1ccccc1. The summed E-state index contributed by atoms with van der Waals surface area (Å²) in [6, 6.07) is 47.2. The van der Waals surface area contributed by atoms with E-state index in [-0.39, 0.29) is 42.3 Å². The van der Waals surface area contributed by atoms with E-state index in [1.54, 1.807) is 36.5 Å². The van der Waals surface area contributed by atoms with Gasteiger partial charge in [0.1, 0.15) is 62.7 Å². The molecular weight excluding hydrogens is 1090 g/mol. The fraction of sp³-hybridized carbons (Fsp3) is 0.107. The lowest BCUT2D eigenvalue weighted by molar-refractivity contribution is -0.0499. The fourth-order valence-corrected chi connectivity index (χ4v) is 7.95. The van der Waals surface area contributed by atoms with E-state index in [9.17, 15) is 41.1 Å². The Hall–Kier alpha value is -10.8. The Morgan fingerprint density at radius 3 is 1.44 bits per heavy atom. The molecule has 0 unspecified atom stereocenters. The second-order valence-electron chi connectivity index (χ2n) is 17.2. The van der Waals surface area contributed by atoms with Gasteiger partial charge in [0.15, 0.2) is 22.7 Å². The molecule has 26 heteroatoms. The molecule has 0 spiro atoms. The van der Waals surface area contributed by atoms with Crippen LogP contribution in [0.25, 0.3) is 33.1 Å². The number of rotatable bonds is 17. The quantitative estimate of drug-likeness (QED) is 0.0702. The molecule has 82 heavy (non-hydrogen) atoms. The first kappa shape index (κ1) is 56.0. The Morgan fingerprint density at radius 2 is 0.939 bits per heavy atom. The summed E-state index contributed by atoms with van der Waals surface area (Å²) in [5, 5.41) is 13.6. The van der Waals surface area contributed by atoms with Crippen molar-refractivity contribution in [2.45, 2.75) is 38.5 Å². The van der Waals surface area contributed by atoms with Gasteiger partial charge in [0.05, 0.1) is 22.2 Å². The van der Waals surface area contributed by atoms with Crippen molar-refractivity contribution in [1.29, 1.82) is 0 Å². The van der Waals surface area contributed by atoms with E-state index in [0.717, 1.165) is 60.8 Å². The van der Waals surface area contributed by atoms with E-state index in [1.165, 1.54) is 18.9 Å². The van der Waals surface area contributed by atoms with Gasteiger partial charge in [0, 0.05) is 31.2 Å². The number of nitrogens with zero attached hydrogens (tertiary/aromatic N) is 10. The average Bonchev–Trinajstić information content (AvgIpc) is 3.58. The highest BCUT2D eigenvalue weighted by Crippen LogP contribution is 2.30. The van der Waals surface area contributed by atoms with Crippen LogP contribution in [0.3, 0.4) is 0 Å². The summed E-state index contributed by atoms with van der Waals surface area (Å²) in [4.78, 5) is 81.2. The second-order valence-corrected chi connectivity index (χ2v) is 18.7. The predicted octanol–water partition coefficient (Wildman–Crippen LogP) is 6.78. The molecule has 0 aliphatic heterocycles. The number of nitrogens with one attached hydrogen (secondary N) is 1. The highest BCUT2D eigenvalue weighted by Gasteiger charge is 2.49. The molecule has 416 valence electrons. The zero-order valence-corrected chi connectivity index (χ0v) is 43.4. The van der Waals surface area contributed by atoms with Crippen molar-refractivity contribution in [1.82, 2.24) is 49.1 Å². The summed E-state index contributed by atoms with van der Waals surface area (Å²) in [5.41, 5.74) is -2.64. The standard InChI is InChI=1S/C27H23N5O3.C15H10F3N3O5S.C14H11N3O3/c33-27-31-25(24-16-28-19-30-26(24)32(27)35-18-22-9-5-2-6-10-22)29-15-20-11-13-23(14-12-20)34-17-21-7-3-1-4-8-21;16-15(17,18)27(23,24)26-12-6-13(22)21(14-11(12)7-19-9-20-14)25-8-10-4-2-1-3-5-10;18-12-6-13(19)17(14-11(12)7-15-9-16-14)20-8-10-4-2-1-3-5-10/h1-14,16,19H,15,17-18H2,(H,29,31,33);1-7,9H,8H2;1-7,9,18H,8H2. The Kier molecular flexibility index (Phi) is 17.6. The monoisotopic (exact) mass is 1140 g/mol. The maximum absolute atomic E-state index is 12.7. The van der Waals surface area contributed by atoms with Crippen molar-refractivity contribution in [2.75, 3.05) is 5.32 Å². The van der Waals surface area contributed by atoms with Crippen LogP contribution in [0, 0.1) is 0 Å². The molecule has 0 bridgehead atoms. The van der Waals surface area contributed by atoms with E-state index < -0.39 is 38.2 Å². The van der Waals surface area contributed by atoms with Crippen LogP contribution in [0.2, 0.25) is 0 Å². The van der Waals surface area contributed by atoms with E-state index in [4.69, 9.17) is 19.2 Å². The van der Waals surface area contributed by atoms with Gasteiger partial charge in [-0.15, -0.1) is 14.2 Å². The zero-order chi connectivity index (χ0) is 57.5. The number of aromatic nitrogens is 10. The summed E-state index contributed by atoms with van der Waals surface area (Å²) < 4.78 is 73.0. The van der Waals surface area contributed by atoms with Gasteiger partial charge in [-0.05, 0) is 39.9 Å². The third-order valence-corrected chi connectivity index (χ3v) is 12.4. The summed E-state index contributed by atoms with van der Waals surface area (Å²) in [6.07, 6.45) is 7.74. The van der Waals surface area contributed by atoms with Crippen molar-refractivity contribution in [3.63, 3.8) is 0 Å². The predicted molar refractivity (Wildman–Crippen MR) is 291 cm³/mol. The summed E-state index contributed by atoms with van der Waals surface area (Å²) >= 11 is 0. The largest absolute Gasteiger partial charge is 0.534 e. The Labute approximate surface area is 461 Å². The van der Waals surface area contributed by atoms with Crippen LogP contribution < -0.4 is 45.6 Å². The fourth-order valence-electron chi connectivity index (χ4n) is 7.48. The molecule has 0 atom stereocenters. The third kappa shape index (κ3) is 14.1. The first-order valence-corrected chi connectivity index (χ1v) is 25.8. The number of anilines is 1. The number of halogens is 3. The minimum absolute atomic E-state index is 0.0408. The molecule has 0 aliphatic carbocycles. The molecular formula is C56H44F3N11O11S. The molecule has 0 aliphatic rings. The van der Waals surface area contributed by atoms with Gasteiger partial charge in [-0.1, -0.05) is 133 Å². The lowest BCUT2D eigenvalue weighted by Crippen LogP contribution is -2.31. The molecule has 2 N–H and O–H groups in total. The van der Waals surface area contributed by atoms with Crippen LogP contribution >= 0.6 is 0 Å². The van der Waals surface area contributed by atoms with Gasteiger partial charge >= 0.3 is 21.3 Å². The van der Waals surface area contributed by atoms with Crippen LogP contribution in [0.15, 0.2) is 210 Å². The number of ether oxygens (including phenoxy) is 1. The van der Waals surface area contributed by atoms with Crippen molar-refractivity contribution in [3.05, 3.63) is 254 Å². The maximum Gasteiger partial charge on any atom is 0.534 e. The Morgan fingerprint density at radius 1 is 0.512 bits per heavy atom. The first-order chi connectivity index (χ1) is 39.7. The molecule has 11 aromatic rings. The molecule has 0 amide bonds. The lowest BCUT2D eigenvalue weighted by atomic mass is 10.2. The molecule has 11 rings (SSSR count). The molecule has 0 fully saturated rings.